The van der Waals surface area contributed by atoms with Crippen LogP contribution in [-0.4, -0.2) is 30.7 Å². The molecule has 2 aromatic rings. The van der Waals surface area contributed by atoms with Crippen LogP contribution < -0.4 is 10.6 Å². The van der Waals surface area contributed by atoms with Gasteiger partial charge in [-0.25, -0.2) is 0 Å². The van der Waals surface area contributed by atoms with Gasteiger partial charge >= 0.3 is 12.4 Å². The third kappa shape index (κ3) is 6.30. The first-order valence-corrected chi connectivity index (χ1v) is 11.5. The number of alkyl halides is 6. The molecule has 2 atom stereocenters. The van der Waals surface area contributed by atoms with Crippen LogP contribution in [0.5, 0.6) is 0 Å². The maximum absolute atomic E-state index is 12.7. The molecule has 2 aliphatic heterocycles. The zero-order valence-corrected chi connectivity index (χ0v) is 20.0. The minimum atomic E-state index is -4.41. The van der Waals surface area contributed by atoms with Gasteiger partial charge in [0, 0.05) is 47.4 Å². The number of rotatable bonds is 3. The Kier molecular flexibility index (Phi) is 8.20. The van der Waals surface area contributed by atoms with E-state index in [-0.39, 0.29) is 29.9 Å². The number of nitrogens with one attached hydrogen (secondary N) is 2. The average Bonchev–Trinajstić information content (AvgIpc) is 2.82. The molecule has 2 N–H and O–H groups in total. The van der Waals surface area contributed by atoms with Crippen molar-refractivity contribution in [2.45, 2.75) is 64.0 Å². The van der Waals surface area contributed by atoms with E-state index in [0.29, 0.717) is 29.1 Å². The normalized spacial score (nSPS) is 20.4. The lowest BCUT2D eigenvalue weighted by molar-refractivity contribution is -0.138. The zero-order valence-electron chi connectivity index (χ0n) is 20.0. The highest BCUT2D eigenvalue weighted by atomic mass is 19.4. The predicted molar refractivity (Wildman–Crippen MR) is 125 cm³/mol. The molecule has 2 aliphatic rings. The van der Waals surface area contributed by atoms with E-state index >= 15 is 0 Å². The van der Waals surface area contributed by atoms with E-state index in [0.717, 1.165) is 37.1 Å². The van der Waals surface area contributed by atoms with Crippen LogP contribution >= 0.6 is 0 Å². The number of hydrogen-bond acceptors (Lipinski definition) is 5. The summed E-state index contributed by atoms with van der Waals surface area (Å²) < 4.78 is 75.7. The van der Waals surface area contributed by atoms with E-state index in [9.17, 15) is 31.1 Å². The fourth-order valence-corrected chi connectivity index (χ4v) is 4.07. The summed E-state index contributed by atoms with van der Waals surface area (Å²) in [6, 6.07) is 7.08. The number of ketones is 1. The molecule has 5 nitrogen and oxygen atoms in total. The Morgan fingerprint density at radius 2 is 1.31 bits per heavy atom. The zero-order chi connectivity index (χ0) is 26.7. The smallest absolute Gasteiger partial charge is 0.399 e. The molecule has 0 aromatic heterocycles. The lowest BCUT2D eigenvalue weighted by Crippen LogP contribution is -2.29. The summed E-state index contributed by atoms with van der Waals surface area (Å²) in [7, 11) is 1.39. The van der Waals surface area contributed by atoms with Crippen molar-refractivity contribution in [1.82, 2.24) is 0 Å². The van der Waals surface area contributed by atoms with Crippen LogP contribution in [0.25, 0.3) is 0 Å². The van der Waals surface area contributed by atoms with Crippen molar-refractivity contribution in [3.05, 3.63) is 58.7 Å². The molecule has 2 heterocycles. The SMILES string of the molecule is CC[C@@H]1C/C(=N\OC)c2cc(C(F)(F)F)ccc2N1.CC[C@@H]1CC(=O)c2cc(C(F)(F)F)ccc2N1. The standard InChI is InChI=1S/C13H15F3N2O.C12H12F3NO/c1-3-9-7-12(18-19-2)10-6-8(13(14,15)16)4-5-11(10)17-9;1-2-8-6-11(17)9-5-7(12(13,14)15)3-4-10(9)16-8/h4-6,9,17H,3,7H2,1-2H3;3-5,8,16H,2,6H2,1H3/b18-12+;/t9-;8-/m11/s1. The van der Waals surface area contributed by atoms with Gasteiger partial charge in [-0.05, 0) is 49.2 Å². The number of anilines is 2. The van der Waals surface area contributed by atoms with Gasteiger partial charge in [-0.1, -0.05) is 19.0 Å². The van der Waals surface area contributed by atoms with Gasteiger partial charge in [-0.15, -0.1) is 0 Å². The predicted octanol–water partition coefficient (Wildman–Crippen LogP) is 7.13. The topological polar surface area (TPSA) is 62.7 Å². The summed E-state index contributed by atoms with van der Waals surface area (Å²) in [6.07, 6.45) is -6.31. The molecule has 36 heavy (non-hydrogen) atoms. The minimum absolute atomic E-state index is 0.0201. The first-order chi connectivity index (χ1) is 16.9. The van der Waals surface area contributed by atoms with Gasteiger partial charge < -0.3 is 15.5 Å². The Hall–Kier alpha value is -3.24. The number of Topliss-reactive ketones (excluding diaryl/α,β-unsaturated/α-hetero) is 1. The maximum atomic E-state index is 12.7. The number of nitrogens with zero attached hydrogens (tertiary/aromatic N) is 1. The Morgan fingerprint density at radius 1 is 0.833 bits per heavy atom. The highest BCUT2D eigenvalue weighted by molar-refractivity contribution is 6.07. The molecule has 0 spiro atoms. The van der Waals surface area contributed by atoms with Crippen LogP contribution in [0.1, 0.15) is 66.6 Å². The van der Waals surface area contributed by atoms with Crippen molar-refractivity contribution in [1.29, 1.82) is 0 Å². The van der Waals surface area contributed by atoms with Crippen LogP contribution in [0, 0.1) is 0 Å². The fourth-order valence-electron chi connectivity index (χ4n) is 4.07. The van der Waals surface area contributed by atoms with Crippen LogP contribution in [-0.2, 0) is 17.2 Å². The lowest BCUT2D eigenvalue weighted by atomic mass is 9.93. The highest BCUT2D eigenvalue weighted by Gasteiger charge is 2.34. The third-order valence-electron chi connectivity index (χ3n) is 6.08. The second-order valence-electron chi connectivity index (χ2n) is 8.57. The summed E-state index contributed by atoms with van der Waals surface area (Å²) in [6.45, 7) is 3.94. The van der Waals surface area contributed by atoms with Crippen molar-refractivity contribution in [3.63, 3.8) is 0 Å². The molecule has 0 saturated heterocycles. The second-order valence-corrected chi connectivity index (χ2v) is 8.57. The van der Waals surface area contributed by atoms with Crippen LogP contribution in [0.4, 0.5) is 37.7 Å². The quantitative estimate of drug-likeness (QED) is 0.337. The maximum Gasteiger partial charge on any atom is 0.416 e. The summed E-state index contributed by atoms with van der Waals surface area (Å²) in [5.41, 5.74) is 0.872. The second kappa shape index (κ2) is 10.8. The lowest BCUT2D eigenvalue weighted by Gasteiger charge is -2.27. The molecule has 196 valence electrons. The first-order valence-electron chi connectivity index (χ1n) is 11.5. The van der Waals surface area contributed by atoms with Crippen molar-refractivity contribution in [3.8, 4) is 0 Å². The number of halogens is 6. The number of oxime groups is 1. The van der Waals surface area contributed by atoms with Gasteiger partial charge in [0.2, 0.25) is 0 Å². The van der Waals surface area contributed by atoms with Crippen molar-refractivity contribution >= 4 is 22.9 Å². The third-order valence-corrected chi connectivity index (χ3v) is 6.08. The molecule has 0 radical (unpaired) electrons. The molecule has 0 saturated carbocycles. The summed E-state index contributed by atoms with van der Waals surface area (Å²) in [5.74, 6) is -0.225. The number of fused-ring (bicyclic) bond motifs is 2. The van der Waals surface area contributed by atoms with E-state index in [1.54, 1.807) is 0 Å². The van der Waals surface area contributed by atoms with Gasteiger partial charge in [-0.2, -0.15) is 26.3 Å². The molecule has 0 fully saturated rings. The number of carbonyl (C=O) groups is 1. The van der Waals surface area contributed by atoms with Crippen molar-refractivity contribution < 1.29 is 36.0 Å². The molecule has 11 heteroatoms. The molecule has 0 aliphatic carbocycles. The van der Waals surface area contributed by atoms with E-state index in [4.69, 9.17) is 4.84 Å². The monoisotopic (exact) mass is 515 g/mol. The molecular formula is C25H27F6N3O2. The molecule has 2 aromatic carbocycles. The number of hydrogen-bond donors (Lipinski definition) is 2. The number of carbonyl (C=O) groups excluding carboxylic acids is 1. The molecule has 0 amide bonds. The Labute approximate surface area is 204 Å². The summed E-state index contributed by atoms with van der Waals surface area (Å²) in [4.78, 5) is 16.5. The minimum Gasteiger partial charge on any atom is -0.399 e. The van der Waals surface area contributed by atoms with E-state index < -0.39 is 23.5 Å². The van der Waals surface area contributed by atoms with Crippen molar-refractivity contribution in [2.75, 3.05) is 17.7 Å². The van der Waals surface area contributed by atoms with Crippen LogP contribution in [0.15, 0.2) is 41.6 Å². The van der Waals surface area contributed by atoms with Gasteiger partial charge in [0.05, 0.1) is 16.8 Å². The first kappa shape index (κ1) is 27.3. The van der Waals surface area contributed by atoms with Crippen LogP contribution in [0.3, 0.4) is 0 Å². The summed E-state index contributed by atoms with van der Waals surface area (Å²) in [5, 5.41) is 10.1. The molecule has 0 bridgehead atoms. The molecular weight excluding hydrogens is 488 g/mol. The Balaban J connectivity index is 0.000000202. The van der Waals surface area contributed by atoms with E-state index in [1.807, 2.05) is 13.8 Å². The number of benzene rings is 2. The van der Waals surface area contributed by atoms with E-state index in [1.165, 1.54) is 19.2 Å². The van der Waals surface area contributed by atoms with Gasteiger partial charge in [0.1, 0.15) is 7.11 Å². The Bertz CT molecular complexity index is 1130. The van der Waals surface area contributed by atoms with Crippen molar-refractivity contribution in [2.24, 2.45) is 5.16 Å². The molecule has 0 unspecified atom stereocenters. The molecule has 4 rings (SSSR count). The largest absolute Gasteiger partial charge is 0.416 e. The Morgan fingerprint density at radius 3 is 1.78 bits per heavy atom. The highest BCUT2D eigenvalue weighted by Crippen LogP contribution is 2.36. The fraction of sp³-hybridized carbons (Fsp3) is 0.440. The van der Waals surface area contributed by atoms with Gasteiger partial charge in [0.15, 0.2) is 5.78 Å². The van der Waals surface area contributed by atoms with E-state index in [2.05, 4.69) is 15.8 Å². The summed E-state index contributed by atoms with van der Waals surface area (Å²) >= 11 is 0. The van der Waals surface area contributed by atoms with Crippen LogP contribution in [0.2, 0.25) is 0 Å². The average molecular weight is 515 g/mol. The van der Waals surface area contributed by atoms with Gasteiger partial charge in [0.25, 0.3) is 0 Å². The van der Waals surface area contributed by atoms with Gasteiger partial charge in [-0.3, -0.25) is 4.79 Å².